The van der Waals surface area contributed by atoms with E-state index >= 15 is 0 Å². The lowest BCUT2D eigenvalue weighted by atomic mass is 10.1. The van der Waals surface area contributed by atoms with Crippen molar-refractivity contribution in [2.75, 3.05) is 7.05 Å². The third kappa shape index (κ3) is 3.60. The van der Waals surface area contributed by atoms with E-state index in [1.165, 1.54) is 4.90 Å². The molecule has 0 saturated heterocycles. The first-order valence-electron chi connectivity index (χ1n) is 5.23. The highest BCUT2D eigenvalue weighted by Gasteiger charge is 2.20. The van der Waals surface area contributed by atoms with Crippen LogP contribution in [-0.4, -0.2) is 29.8 Å². The van der Waals surface area contributed by atoms with E-state index in [1.54, 1.807) is 19.4 Å². The maximum atomic E-state index is 11.8. The van der Waals surface area contributed by atoms with Crippen LogP contribution in [0.25, 0.3) is 0 Å². The molecule has 1 aromatic heterocycles. The molecular formula is C11H17N3O3. The molecule has 0 aliphatic rings. The summed E-state index contributed by atoms with van der Waals surface area (Å²) in [5, 5.41) is 0. The van der Waals surface area contributed by atoms with Gasteiger partial charge in [0.15, 0.2) is 0 Å². The fourth-order valence-corrected chi connectivity index (χ4v) is 1.50. The predicted octanol–water partition coefficient (Wildman–Crippen LogP) is -0.251. The van der Waals surface area contributed by atoms with Crippen LogP contribution >= 0.6 is 0 Å². The number of nitrogens with two attached hydrogens (primary N) is 2. The molecule has 2 amide bonds. The second-order valence-corrected chi connectivity index (χ2v) is 3.97. The third-order valence-corrected chi connectivity index (χ3v) is 2.49. The Morgan fingerprint density at radius 1 is 1.53 bits per heavy atom. The van der Waals surface area contributed by atoms with Gasteiger partial charge in [-0.05, 0) is 13.0 Å². The minimum Gasteiger partial charge on any atom is -0.469 e. The number of amides is 2. The fourth-order valence-electron chi connectivity index (χ4n) is 1.50. The van der Waals surface area contributed by atoms with Crippen molar-refractivity contribution in [3.8, 4) is 0 Å². The Bertz CT molecular complexity index is 414. The summed E-state index contributed by atoms with van der Waals surface area (Å²) in [6, 6.07) is 0.906. The van der Waals surface area contributed by atoms with Crippen molar-refractivity contribution < 1.29 is 14.0 Å². The van der Waals surface area contributed by atoms with Gasteiger partial charge in [0.1, 0.15) is 5.76 Å². The maximum absolute atomic E-state index is 11.8. The van der Waals surface area contributed by atoms with Gasteiger partial charge in [-0.15, -0.1) is 0 Å². The van der Waals surface area contributed by atoms with E-state index in [-0.39, 0.29) is 12.3 Å². The van der Waals surface area contributed by atoms with Gasteiger partial charge >= 0.3 is 0 Å². The van der Waals surface area contributed by atoms with Crippen LogP contribution in [0.1, 0.15) is 17.7 Å². The Kier molecular flexibility index (Phi) is 4.28. The summed E-state index contributed by atoms with van der Waals surface area (Å²) in [5.74, 6) is -0.142. The number of furan rings is 1. The average molecular weight is 239 g/mol. The van der Waals surface area contributed by atoms with Crippen LogP contribution in [0, 0.1) is 6.92 Å². The first kappa shape index (κ1) is 13.2. The summed E-state index contributed by atoms with van der Waals surface area (Å²) in [7, 11) is 1.62. The van der Waals surface area contributed by atoms with Gasteiger partial charge in [0.25, 0.3) is 0 Å². The van der Waals surface area contributed by atoms with Crippen LogP contribution in [0.3, 0.4) is 0 Å². The normalized spacial score (nSPS) is 12.2. The molecule has 17 heavy (non-hydrogen) atoms. The molecule has 1 rings (SSSR count). The first-order valence-corrected chi connectivity index (χ1v) is 5.23. The number of hydrogen-bond donors (Lipinski definition) is 2. The van der Waals surface area contributed by atoms with E-state index in [0.717, 1.165) is 11.3 Å². The van der Waals surface area contributed by atoms with Crippen LogP contribution in [0.2, 0.25) is 0 Å². The summed E-state index contributed by atoms with van der Waals surface area (Å²) >= 11 is 0. The molecule has 1 unspecified atom stereocenters. The summed E-state index contributed by atoms with van der Waals surface area (Å²) in [6.45, 7) is 2.21. The van der Waals surface area contributed by atoms with Gasteiger partial charge in [0, 0.05) is 19.2 Å². The predicted molar refractivity (Wildman–Crippen MR) is 61.7 cm³/mol. The van der Waals surface area contributed by atoms with Crippen molar-refractivity contribution in [1.82, 2.24) is 4.90 Å². The van der Waals surface area contributed by atoms with E-state index in [4.69, 9.17) is 15.9 Å². The van der Waals surface area contributed by atoms with Crippen LogP contribution in [0.15, 0.2) is 16.7 Å². The zero-order valence-electron chi connectivity index (χ0n) is 9.97. The molecule has 0 aromatic carbocycles. The number of aryl methyl sites for hydroxylation is 1. The highest BCUT2D eigenvalue weighted by atomic mass is 16.3. The minimum atomic E-state index is -0.885. The summed E-state index contributed by atoms with van der Waals surface area (Å²) in [4.78, 5) is 23.9. The number of carbonyl (C=O) groups is 2. The number of hydrogen-bond acceptors (Lipinski definition) is 4. The first-order chi connectivity index (χ1) is 7.91. The van der Waals surface area contributed by atoms with Gasteiger partial charge in [0.2, 0.25) is 11.8 Å². The summed E-state index contributed by atoms with van der Waals surface area (Å²) in [6.07, 6.45) is 1.42. The molecule has 1 aromatic rings. The Hall–Kier alpha value is -1.82. The summed E-state index contributed by atoms with van der Waals surface area (Å²) in [5.41, 5.74) is 11.5. The molecule has 94 valence electrons. The van der Waals surface area contributed by atoms with E-state index in [2.05, 4.69) is 0 Å². The molecule has 6 heteroatoms. The second-order valence-electron chi connectivity index (χ2n) is 3.97. The Morgan fingerprint density at radius 2 is 2.18 bits per heavy atom. The van der Waals surface area contributed by atoms with E-state index < -0.39 is 11.9 Å². The molecule has 0 fully saturated rings. The topological polar surface area (TPSA) is 103 Å². The van der Waals surface area contributed by atoms with E-state index in [0.29, 0.717) is 6.54 Å². The lowest BCUT2D eigenvalue weighted by Crippen LogP contribution is -2.43. The van der Waals surface area contributed by atoms with Crippen molar-refractivity contribution in [2.24, 2.45) is 11.5 Å². The van der Waals surface area contributed by atoms with Gasteiger partial charge in [-0.1, -0.05) is 0 Å². The number of nitrogens with zero attached hydrogens (tertiary/aromatic N) is 1. The Labute approximate surface area is 99.5 Å². The number of rotatable bonds is 5. The minimum absolute atomic E-state index is 0.145. The van der Waals surface area contributed by atoms with E-state index in [9.17, 15) is 9.59 Å². The van der Waals surface area contributed by atoms with Gasteiger partial charge < -0.3 is 20.8 Å². The van der Waals surface area contributed by atoms with Gasteiger partial charge in [0.05, 0.1) is 18.7 Å². The summed E-state index contributed by atoms with van der Waals surface area (Å²) < 4.78 is 5.13. The van der Waals surface area contributed by atoms with Crippen molar-refractivity contribution in [3.05, 3.63) is 23.7 Å². The smallest absolute Gasteiger partial charge is 0.240 e. The Balaban J connectivity index is 2.58. The van der Waals surface area contributed by atoms with Crippen molar-refractivity contribution in [2.45, 2.75) is 25.9 Å². The van der Waals surface area contributed by atoms with E-state index in [1.807, 2.05) is 6.92 Å². The lowest BCUT2D eigenvalue weighted by molar-refractivity contribution is -0.133. The zero-order valence-corrected chi connectivity index (χ0v) is 9.97. The van der Waals surface area contributed by atoms with Crippen LogP contribution < -0.4 is 11.5 Å². The van der Waals surface area contributed by atoms with Crippen molar-refractivity contribution in [1.29, 1.82) is 0 Å². The molecule has 0 spiro atoms. The van der Waals surface area contributed by atoms with Gasteiger partial charge in [-0.2, -0.15) is 0 Å². The van der Waals surface area contributed by atoms with Crippen LogP contribution in [0.5, 0.6) is 0 Å². The second kappa shape index (κ2) is 5.49. The number of primary amides is 1. The molecule has 0 radical (unpaired) electrons. The zero-order chi connectivity index (χ0) is 13.0. The number of likely N-dealkylation sites (N-methyl/N-ethyl adjacent to an activating group) is 1. The van der Waals surface area contributed by atoms with Gasteiger partial charge in [-0.25, -0.2) is 0 Å². The molecule has 6 nitrogen and oxygen atoms in total. The molecule has 0 aliphatic heterocycles. The molecule has 1 atom stereocenters. The third-order valence-electron chi connectivity index (χ3n) is 2.49. The standard InChI is InChI=1S/C11H17N3O3/c1-7-8(3-4-17-7)6-14(2)11(16)9(12)5-10(13)15/h3-4,9H,5-6,12H2,1-2H3,(H2,13,15). The fraction of sp³-hybridized carbons (Fsp3) is 0.455. The molecule has 1 heterocycles. The van der Waals surface area contributed by atoms with Crippen LogP contribution in [-0.2, 0) is 16.1 Å². The average Bonchev–Trinajstić information content (AvgIpc) is 2.62. The van der Waals surface area contributed by atoms with Crippen molar-refractivity contribution in [3.63, 3.8) is 0 Å². The highest BCUT2D eigenvalue weighted by molar-refractivity contribution is 5.87. The van der Waals surface area contributed by atoms with Gasteiger partial charge in [-0.3, -0.25) is 9.59 Å². The largest absolute Gasteiger partial charge is 0.469 e. The molecule has 0 saturated carbocycles. The van der Waals surface area contributed by atoms with Crippen molar-refractivity contribution >= 4 is 11.8 Å². The maximum Gasteiger partial charge on any atom is 0.240 e. The lowest BCUT2D eigenvalue weighted by Gasteiger charge is -2.20. The molecule has 0 aliphatic carbocycles. The highest BCUT2D eigenvalue weighted by Crippen LogP contribution is 2.11. The number of carbonyl (C=O) groups excluding carboxylic acids is 2. The SMILES string of the molecule is Cc1occc1CN(C)C(=O)C(N)CC(N)=O. The monoisotopic (exact) mass is 239 g/mol. The quantitative estimate of drug-likeness (QED) is 0.739. The molecule has 4 N–H and O–H groups in total. The molecular weight excluding hydrogens is 222 g/mol. The van der Waals surface area contributed by atoms with Crippen LogP contribution in [0.4, 0.5) is 0 Å². The molecule has 0 bridgehead atoms. The Morgan fingerprint density at radius 3 is 2.65 bits per heavy atom.